The molecule has 0 spiro atoms. The minimum Gasteiger partial charge on any atom is -0.310 e. The van der Waals surface area contributed by atoms with Gasteiger partial charge in [0, 0.05) is 10.6 Å². The molecular weight excluding hydrogens is 314 g/mol. The quantitative estimate of drug-likeness (QED) is 0.654. The molecule has 4 heteroatoms. The van der Waals surface area contributed by atoms with Gasteiger partial charge in [-0.15, -0.1) is 0 Å². The maximum atomic E-state index is 8.86. The van der Waals surface area contributed by atoms with Crippen LogP contribution in [0.2, 0.25) is 0 Å². The first kappa shape index (κ1) is 16.1. The number of nitrogens with one attached hydrogen (secondary N) is 1. The van der Waals surface area contributed by atoms with Crippen LogP contribution in [0.3, 0.4) is 0 Å². The van der Waals surface area contributed by atoms with Crippen LogP contribution in [0.1, 0.15) is 16.8 Å². The minimum absolute atomic E-state index is 0.677. The van der Waals surface area contributed by atoms with Crippen LogP contribution in [0.25, 0.3) is 11.1 Å². The summed E-state index contributed by atoms with van der Waals surface area (Å²) in [5.74, 6) is 0.869. The summed E-state index contributed by atoms with van der Waals surface area (Å²) in [6, 6.07) is 22.2. The third-order valence-electron chi connectivity index (χ3n) is 3.57. The lowest BCUT2D eigenvalue weighted by Crippen LogP contribution is -1.93. The van der Waals surface area contributed by atoms with Gasteiger partial charge in [-0.1, -0.05) is 24.3 Å². The Bertz CT molecular complexity index is 858. The van der Waals surface area contributed by atoms with E-state index in [1.807, 2.05) is 37.3 Å². The highest BCUT2D eigenvalue weighted by Gasteiger charge is 2.01. The lowest BCUT2D eigenvalue weighted by atomic mass is 10.0. The summed E-state index contributed by atoms with van der Waals surface area (Å²) < 4.78 is 3.29. The van der Waals surface area contributed by atoms with Crippen molar-refractivity contribution in [1.82, 2.24) is 4.98 Å². The number of nitrogens with zero attached hydrogens (tertiary/aromatic N) is 2. The molecule has 0 aliphatic heterocycles. The Labute approximate surface area is 146 Å². The molecule has 0 saturated carbocycles. The minimum atomic E-state index is 0.677. The number of rotatable bonds is 4. The van der Waals surface area contributed by atoms with Crippen LogP contribution in [0.5, 0.6) is 0 Å². The zero-order valence-electron chi connectivity index (χ0n) is 13.6. The smallest absolute Gasteiger partial charge is 0.136 e. The Kier molecular flexibility index (Phi) is 4.83. The second-order valence-electron chi connectivity index (χ2n) is 5.59. The topological polar surface area (TPSA) is 48.7 Å². The van der Waals surface area contributed by atoms with Crippen molar-refractivity contribution in [1.29, 1.82) is 5.26 Å². The number of hydrogen-bond acceptors (Lipinski definition) is 4. The summed E-state index contributed by atoms with van der Waals surface area (Å²) in [5.41, 5.74) is 5.12. The standard InChI is InChI=1S/C20H17N3S/c1-14-11-15(2)22-20(12-14)23-24-19-9-7-18(8-10-19)17-5-3-16(13-21)4-6-17/h3-12H,1-2H3,(H,22,23). The first-order chi connectivity index (χ1) is 11.6. The summed E-state index contributed by atoms with van der Waals surface area (Å²) in [6.07, 6.45) is 0. The van der Waals surface area contributed by atoms with Crippen LogP contribution in [0.15, 0.2) is 65.6 Å². The van der Waals surface area contributed by atoms with Crippen molar-refractivity contribution < 1.29 is 0 Å². The van der Waals surface area contributed by atoms with E-state index in [0.29, 0.717) is 5.56 Å². The highest BCUT2D eigenvalue weighted by atomic mass is 32.2. The molecule has 1 aromatic heterocycles. The Hall–Kier alpha value is -2.77. The number of pyridine rings is 1. The average Bonchev–Trinajstić information content (AvgIpc) is 2.60. The maximum absolute atomic E-state index is 8.86. The number of nitriles is 1. The largest absolute Gasteiger partial charge is 0.310 e. The molecule has 0 unspecified atom stereocenters. The average molecular weight is 331 g/mol. The van der Waals surface area contributed by atoms with Crippen LogP contribution in [-0.4, -0.2) is 4.98 Å². The van der Waals surface area contributed by atoms with E-state index in [9.17, 15) is 0 Å². The van der Waals surface area contributed by atoms with Crippen LogP contribution >= 0.6 is 11.9 Å². The van der Waals surface area contributed by atoms with Gasteiger partial charge in [-0.05, 0) is 78.9 Å². The van der Waals surface area contributed by atoms with Gasteiger partial charge in [0.15, 0.2) is 0 Å². The Morgan fingerprint density at radius 3 is 2.12 bits per heavy atom. The van der Waals surface area contributed by atoms with E-state index in [-0.39, 0.29) is 0 Å². The third kappa shape index (κ3) is 3.95. The van der Waals surface area contributed by atoms with Gasteiger partial charge in [-0.25, -0.2) is 4.98 Å². The molecule has 0 radical (unpaired) electrons. The van der Waals surface area contributed by atoms with E-state index in [0.717, 1.165) is 27.5 Å². The Morgan fingerprint density at radius 2 is 1.54 bits per heavy atom. The van der Waals surface area contributed by atoms with Crippen molar-refractivity contribution in [3.05, 3.63) is 77.5 Å². The van der Waals surface area contributed by atoms with Crippen LogP contribution in [0, 0.1) is 25.2 Å². The predicted octanol–water partition coefficient (Wildman–Crippen LogP) is 5.36. The molecule has 3 nitrogen and oxygen atoms in total. The molecule has 1 heterocycles. The molecule has 118 valence electrons. The molecule has 0 atom stereocenters. The molecule has 0 bridgehead atoms. The molecule has 3 rings (SSSR count). The van der Waals surface area contributed by atoms with E-state index in [4.69, 9.17) is 5.26 Å². The summed E-state index contributed by atoms with van der Waals surface area (Å²) >= 11 is 1.55. The van der Waals surface area contributed by atoms with E-state index in [1.54, 1.807) is 11.9 Å². The first-order valence-electron chi connectivity index (χ1n) is 7.63. The summed E-state index contributed by atoms with van der Waals surface area (Å²) in [4.78, 5) is 5.59. The summed E-state index contributed by atoms with van der Waals surface area (Å²) in [6.45, 7) is 4.06. The molecule has 0 aliphatic rings. The van der Waals surface area contributed by atoms with Gasteiger partial charge >= 0.3 is 0 Å². The van der Waals surface area contributed by atoms with Gasteiger partial charge in [-0.2, -0.15) is 5.26 Å². The fourth-order valence-corrected chi connectivity index (χ4v) is 3.06. The van der Waals surface area contributed by atoms with Crippen molar-refractivity contribution >= 4 is 17.8 Å². The van der Waals surface area contributed by atoms with Gasteiger partial charge in [0.05, 0.1) is 11.6 Å². The SMILES string of the molecule is Cc1cc(C)nc(NSc2ccc(-c3ccc(C#N)cc3)cc2)c1. The molecule has 2 aromatic carbocycles. The molecule has 0 amide bonds. The number of hydrogen-bond donors (Lipinski definition) is 1. The van der Waals surface area contributed by atoms with E-state index in [2.05, 4.69) is 53.0 Å². The maximum Gasteiger partial charge on any atom is 0.136 e. The number of anilines is 1. The fourth-order valence-electron chi connectivity index (χ4n) is 2.46. The highest BCUT2D eigenvalue weighted by molar-refractivity contribution is 8.00. The lowest BCUT2D eigenvalue weighted by molar-refractivity contribution is 1.19. The molecule has 3 aromatic rings. The van der Waals surface area contributed by atoms with Crippen LogP contribution < -0.4 is 4.72 Å². The van der Waals surface area contributed by atoms with Crippen molar-refractivity contribution in [3.8, 4) is 17.2 Å². The van der Waals surface area contributed by atoms with Crippen molar-refractivity contribution in [2.24, 2.45) is 0 Å². The van der Waals surface area contributed by atoms with E-state index >= 15 is 0 Å². The molecule has 24 heavy (non-hydrogen) atoms. The summed E-state index contributed by atoms with van der Waals surface area (Å²) in [5, 5.41) is 8.86. The van der Waals surface area contributed by atoms with Gasteiger partial charge < -0.3 is 4.72 Å². The summed E-state index contributed by atoms with van der Waals surface area (Å²) in [7, 11) is 0. The molecule has 0 fully saturated rings. The van der Waals surface area contributed by atoms with Gasteiger partial charge in [0.25, 0.3) is 0 Å². The second-order valence-corrected chi connectivity index (χ2v) is 6.47. The molecule has 0 saturated heterocycles. The molecule has 1 N–H and O–H groups in total. The number of benzene rings is 2. The van der Waals surface area contributed by atoms with Gasteiger partial charge in [0.1, 0.15) is 5.82 Å². The van der Waals surface area contributed by atoms with Crippen molar-refractivity contribution in [2.45, 2.75) is 18.7 Å². The first-order valence-corrected chi connectivity index (χ1v) is 8.44. The zero-order chi connectivity index (χ0) is 16.9. The third-order valence-corrected chi connectivity index (χ3v) is 4.39. The Balaban J connectivity index is 1.69. The van der Waals surface area contributed by atoms with Gasteiger partial charge in [0.2, 0.25) is 0 Å². The van der Waals surface area contributed by atoms with Crippen molar-refractivity contribution in [3.63, 3.8) is 0 Å². The van der Waals surface area contributed by atoms with Crippen molar-refractivity contribution in [2.75, 3.05) is 4.72 Å². The molecular formula is C20H17N3S. The van der Waals surface area contributed by atoms with Crippen LogP contribution in [0.4, 0.5) is 5.82 Å². The normalized spacial score (nSPS) is 10.2. The zero-order valence-corrected chi connectivity index (χ0v) is 14.4. The number of aryl methyl sites for hydroxylation is 2. The second kappa shape index (κ2) is 7.20. The van der Waals surface area contributed by atoms with E-state index in [1.165, 1.54) is 5.56 Å². The highest BCUT2D eigenvalue weighted by Crippen LogP contribution is 2.25. The van der Waals surface area contributed by atoms with Gasteiger partial charge in [-0.3, -0.25) is 0 Å². The molecule has 0 aliphatic carbocycles. The predicted molar refractivity (Wildman–Crippen MR) is 99.8 cm³/mol. The Morgan fingerprint density at radius 1 is 0.917 bits per heavy atom. The lowest BCUT2D eigenvalue weighted by Gasteiger charge is -2.08. The fraction of sp³-hybridized carbons (Fsp3) is 0.100. The van der Waals surface area contributed by atoms with E-state index < -0.39 is 0 Å². The number of aromatic nitrogens is 1. The monoisotopic (exact) mass is 331 g/mol. The van der Waals surface area contributed by atoms with Crippen LogP contribution in [-0.2, 0) is 0 Å².